The first-order valence-corrected chi connectivity index (χ1v) is 9.09. The van der Waals surface area contributed by atoms with Crippen molar-refractivity contribution in [1.29, 1.82) is 5.26 Å². The Kier molecular flexibility index (Phi) is 4.83. The first-order valence-electron chi connectivity index (χ1n) is 9.09. The van der Waals surface area contributed by atoms with Crippen LogP contribution in [-0.4, -0.2) is 30.7 Å². The van der Waals surface area contributed by atoms with Crippen LogP contribution < -0.4 is 15.8 Å². The zero-order chi connectivity index (χ0) is 17.9. The van der Waals surface area contributed by atoms with Gasteiger partial charge in [-0.3, -0.25) is 10.9 Å². The van der Waals surface area contributed by atoms with E-state index in [4.69, 9.17) is 5.26 Å². The Balaban J connectivity index is 1.51. The van der Waals surface area contributed by atoms with Gasteiger partial charge in [0.05, 0.1) is 11.6 Å². The van der Waals surface area contributed by atoms with Crippen LogP contribution in [0, 0.1) is 23.1 Å². The topological polar surface area (TPSA) is 64.0 Å². The average molecular weight is 351 g/mol. The van der Waals surface area contributed by atoms with Crippen LogP contribution in [0.1, 0.15) is 29.9 Å². The molecular formula is C20H22FN5. The van der Waals surface area contributed by atoms with Crippen LogP contribution in [0.25, 0.3) is 0 Å². The highest BCUT2D eigenvalue weighted by atomic mass is 19.1. The van der Waals surface area contributed by atoms with Crippen LogP contribution >= 0.6 is 0 Å². The van der Waals surface area contributed by atoms with Gasteiger partial charge >= 0.3 is 0 Å². The SMILES string of the molecule is N#Cc1ccnc(N2CCCC(C3NNCC3c3ccc(F)cc3)C2)c1. The fourth-order valence-corrected chi connectivity index (χ4v) is 4.17. The highest BCUT2D eigenvalue weighted by Gasteiger charge is 2.36. The molecule has 0 saturated carbocycles. The van der Waals surface area contributed by atoms with E-state index in [0.29, 0.717) is 23.4 Å². The molecule has 5 nitrogen and oxygen atoms in total. The minimum Gasteiger partial charge on any atom is -0.356 e. The van der Waals surface area contributed by atoms with E-state index in [9.17, 15) is 4.39 Å². The summed E-state index contributed by atoms with van der Waals surface area (Å²) in [4.78, 5) is 6.73. The normalized spacial score (nSPS) is 25.8. The molecule has 2 fully saturated rings. The summed E-state index contributed by atoms with van der Waals surface area (Å²) in [7, 11) is 0. The average Bonchev–Trinajstić information content (AvgIpc) is 3.18. The molecule has 2 saturated heterocycles. The van der Waals surface area contributed by atoms with Gasteiger partial charge in [0, 0.05) is 37.8 Å². The maximum atomic E-state index is 13.3. The van der Waals surface area contributed by atoms with Gasteiger partial charge in [0.1, 0.15) is 11.6 Å². The number of nitrogens with one attached hydrogen (secondary N) is 2. The van der Waals surface area contributed by atoms with Gasteiger partial charge in [-0.05, 0) is 48.6 Å². The third-order valence-corrected chi connectivity index (χ3v) is 5.49. The Morgan fingerprint density at radius 3 is 2.88 bits per heavy atom. The summed E-state index contributed by atoms with van der Waals surface area (Å²) >= 11 is 0. The van der Waals surface area contributed by atoms with E-state index in [0.717, 1.165) is 43.9 Å². The monoisotopic (exact) mass is 351 g/mol. The van der Waals surface area contributed by atoms with Gasteiger partial charge in [-0.2, -0.15) is 5.26 Å². The Morgan fingerprint density at radius 2 is 2.08 bits per heavy atom. The first kappa shape index (κ1) is 17.0. The van der Waals surface area contributed by atoms with Gasteiger partial charge in [0.25, 0.3) is 0 Å². The zero-order valence-electron chi connectivity index (χ0n) is 14.5. The number of hydrogen-bond donors (Lipinski definition) is 2. The molecule has 2 aliphatic rings. The molecule has 134 valence electrons. The predicted octanol–water partition coefficient (Wildman–Crippen LogP) is 2.57. The smallest absolute Gasteiger partial charge is 0.129 e. The summed E-state index contributed by atoms with van der Waals surface area (Å²) in [5.41, 5.74) is 8.53. The molecule has 2 N–H and O–H groups in total. The minimum atomic E-state index is -0.198. The second-order valence-electron chi connectivity index (χ2n) is 7.07. The summed E-state index contributed by atoms with van der Waals surface area (Å²) in [5, 5.41) is 9.12. The van der Waals surface area contributed by atoms with E-state index in [1.807, 2.05) is 18.2 Å². The molecular weight excluding hydrogens is 329 g/mol. The molecule has 0 spiro atoms. The van der Waals surface area contributed by atoms with Crippen LogP contribution in [0.5, 0.6) is 0 Å². The highest BCUT2D eigenvalue weighted by molar-refractivity contribution is 5.45. The van der Waals surface area contributed by atoms with E-state index in [-0.39, 0.29) is 5.82 Å². The molecule has 0 radical (unpaired) electrons. The van der Waals surface area contributed by atoms with Gasteiger partial charge in [-0.25, -0.2) is 9.37 Å². The quantitative estimate of drug-likeness (QED) is 0.890. The Labute approximate surface area is 152 Å². The van der Waals surface area contributed by atoms with Gasteiger partial charge in [-0.1, -0.05) is 12.1 Å². The third-order valence-electron chi connectivity index (χ3n) is 5.49. The Morgan fingerprint density at radius 1 is 1.23 bits per heavy atom. The van der Waals surface area contributed by atoms with Crippen molar-refractivity contribution < 1.29 is 4.39 Å². The Bertz CT molecular complexity index is 801. The maximum absolute atomic E-state index is 13.3. The van der Waals surface area contributed by atoms with Crippen LogP contribution in [0.15, 0.2) is 42.6 Å². The van der Waals surface area contributed by atoms with Gasteiger partial charge < -0.3 is 4.90 Å². The maximum Gasteiger partial charge on any atom is 0.129 e. The van der Waals surface area contributed by atoms with Gasteiger partial charge in [0.2, 0.25) is 0 Å². The zero-order valence-corrected chi connectivity index (χ0v) is 14.5. The summed E-state index contributed by atoms with van der Waals surface area (Å²) in [6, 6.07) is 12.9. The summed E-state index contributed by atoms with van der Waals surface area (Å²) in [5.74, 6) is 1.45. The minimum absolute atomic E-state index is 0.198. The van der Waals surface area contributed by atoms with E-state index in [1.165, 1.54) is 12.1 Å². The number of anilines is 1. The number of benzene rings is 1. The second-order valence-corrected chi connectivity index (χ2v) is 7.07. The third kappa shape index (κ3) is 3.41. The van der Waals surface area contributed by atoms with E-state index < -0.39 is 0 Å². The molecule has 0 aliphatic carbocycles. The summed E-state index contributed by atoms with van der Waals surface area (Å²) in [6.07, 6.45) is 3.94. The number of hydrogen-bond acceptors (Lipinski definition) is 5. The van der Waals surface area contributed by atoms with Gasteiger partial charge in [0.15, 0.2) is 0 Å². The Hall–Kier alpha value is -2.49. The summed E-state index contributed by atoms with van der Waals surface area (Å²) < 4.78 is 13.3. The standard InChI is InChI=1S/C20H22FN5/c21-17-5-3-15(4-6-17)18-12-24-25-20(18)16-2-1-9-26(13-16)19-10-14(11-22)7-8-23-19/h3-8,10,16,18,20,24-25H,1-2,9,12-13H2. The number of piperidine rings is 1. The van der Waals surface area contributed by atoms with E-state index in [1.54, 1.807) is 12.3 Å². The first-order chi connectivity index (χ1) is 12.7. The number of rotatable bonds is 3. The number of aromatic nitrogens is 1. The molecule has 2 aromatic rings. The van der Waals surface area contributed by atoms with Crippen LogP contribution in [0.2, 0.25) is 0 Å². The molecule has 3 heterocycles. The van der Waals surface area contributed by atoms with Crippen molar-refractivity contribution in [3.05, 3.63) is 59.5 Å². The highest BCUT2D eigenvalue weighted by Crippen LogP contribution is 2.32. The van der Waals surface area contributed by atoms with Crippen molar-refractivity contribution in [2.75, 3.05) is 24.5 Å². The van der Waals surface area contributed by atoms with Crippen LogP contribution in [0.3, 0.4) is 0 Å². The number of halogens is 1. The van der Waals surface area contributed by atoms with Crippen molar-refractivity contribution in [2.24, 2.45) is 5.92 Å². The molecule has 2 aliphatic heterocycles. The molecule has 4 rings (SSSR count). The predicted molar refractivity (Wildman–Crippen MR) is 98.0 cm³/mol. The van der Waals surface area contributed by atoms with Crippen LogP contribution in [0.4, 0.5) is 10.2 Å². The molecule has 1 aromatic heterocycles. The van der Waals surface area contributed by atoms with Crippen LogP contribution in [-0.2, 0) is 0 Å². The van der Waals surface area contributed by atoms with Gasteiger partial charge in [-0.15, -0.1) is 0 Å². The van der Waals surface area contributed by atoms with Crippen molar-refractivity contribution in [1.82, 2.24) is 15.8 Å². The molecule has 1 aromatic carbocycles. The lowest BCUT2D eigenvalue weighted by atomic mass is 9.81. The lowest BCUT2D eigenvalue weighted by Gasteiger charge is -2.38. The largest absolute Gasteiger partial charge is 0.356 e. The van der Waals surface area contributed by atoms with E-state index in [2.05, 4.69) is 26.8 Å². The number of nitrogens with zero attached hydrogens (tertiary/aromatic N) is 3. The molecule has 3 atom stereocenters. The molecule has 0 amide bonds. The number of pyridine rings is 1. The lowest BCUT2D eigenvalue weighted by Crippen LogP contribution is -2.46. The number of hydrazine groups is 1. The summed E-state index contributed by atoms with van der Waals surface area (Å²) in [6.45, 7) is 2.70. The van der Waals surface area contributed by atoms with Crippen molar-refractivity contribution in [3.63, 3.8) is 0 Å². The number of nitriles is 1. The second kappa shape index (κ2) is 7.40. The molecule has 6 heteroatoms. The molecule has 3 unspecified atom stereocenters. The lowest BCUT2D eigenvalue weighted by molar-refractivity contribution is 0.304. The molecule has 26 heavy (non-hydrogen) atoms. The molecule has 0 bridgehead atoms. The van der Waals surface area contributed by atoms with Crippen molar-refractivity contribution in [3.8, 4) is 6.07 Å². The fourth-order valence-electron chi connectivity index (χ4n) is 4.17. The fraction of sp³-hybridized carbons (Fsp3) is 0.400. The van der Waals surface area contributed by atoms with Crippen molar-refractivity contribution in [2.45, 2.75) is 24.8 Å². The van der Waals surface area contributed by atoms with E-state index >= 15 is 0 Å². The van der Waals surface area contributed by atoms with Crippen molar-refractivity contribution >= 4 is 5.82 Å².